The Labute approximate surface area is 69.6 Å². The van der Waals surface area contributed by atoms with Crippen LogP contribution in [0.15, 0.2) is 0 Å². The van der Waals surface area contributed by atoms with Gasteiger partial charge in [-0.1, -0.05) is 6.92 Å². The number of rotatable bonds is 3. The summed E-state index contributed by atoms with van der Waals surface area (Å²) in [6.07, 6.45) is 1.03. The van der Waals surface area contributed by atoms with Gasteiger partial charge >= 0.3 is 0 Å². The van der Waals surface area contributed by atoms with E-state index in [9.17, 15) is 4.79 Å². The first-order valence-electron chi connectivity index (χ1n) is 3.53. The highest BCUT2D eigenvalue weighted by molar-refractivity contribution is 7.05. The first-order valence-corrected chi connectivity index (χ1v) is 4.30. The Kier molecular flexibility index (Phi) is 2.70. The number of ketones is 1. The molecule has 0 radical (unpaired) electrons. The number of carbonyl (C=O) groups is 1. The summed E-state index contributed by atoms with van der Waals surface area (Å²) in [6, 6.07) is 0. The Balaban J connectivity index is 2.57. The van der Waals surface area contributed by atoms with Gasteiger partial charge in [0.1, 0.15) is 16.6 Å². The average molecular weight is 170 g/mol. The van der Waals surface area contributed by atoms with Crippen molar-refractivity contribution in [3.8, 4) is 0 Å². The SMILES string of the molecule is CCC(=O)Cc1nc(C)ns1. The molecular weight excluding hydrogens is 160 g/mol. The lowest BCUT2D eigenvalue weighted by molar-refractivity contribution is -0.118. The largest absolute Gasteiger partial charge is 0.299 e. The van der Waals surface area contributed by atoms with E-state index in [0.29, 0.717) is 12.8 Å². The van der Waals surface area contributed by atoms with E-state index in [1.165, 1.54) is 11.5 Å². The summed E-state index contributed by atoms with van der Waals surface area (Å²) in [6.45, 7) is 3.69. The molecule has 11 heavy (non-hydrogen) atoms. The molecule has 1 aromatic rings. The molecule has 0 fully saturated rings. The lowest BCUT2D eigenvalue weighted by Crippen LogP contribution is -1.99. The van der Waals surface area contributed by atoms with E-state index in [0.717, 1.165) is 10.8 Å². The molecule has 0 saturated heterocycles. The quantitative estimate of drug-likeness (QED) is 0.688. The molecule has 3 nitrogen and oxygen atoms in total. The molecule has 0 amide bonds. The van der Waals surface area contributed by atoms with E-state index in [4.69, 9.17) is 0 Å². The normalized spacial score (nSPS) is 10.0. The summed E-state index contributed by atoms with van der Waals surface area (Å²) in [5.41, 5.74) is 0. The molecule has 0 spiro atoms. The Bertz CT molecular complexity index is 257. The maximum atomic E-state index is 10.9. The highest BCUT2D eigenvalue weighted by atomic mass is 32.1. The van der Waals surface area contributed by atoms with Gasteiger partial charge in [0.25, 0.3) is 0 Å². The van der Waals surface area contributed by atoms with Crippen LogP contribution in [0.1, 0.15) is 24.2 Å². The average Bonchev–Trinajstić information content (AvgIpc) is 2.35. The molecule has 0 bridgehead atoms. The van der Waals surface area contributed by atoms with Gasteiger partial charge in [0.15, 0.2) is 0 Å². The summed E-state index contributed by atoms with van der Waals surface area (Å²) in [7, 11) is 0. The highest BCUT2D eigenvalue weighted by Gasteiger charge is 2.04. The number of hydrogen-bond donors (Lipinski definition) is 0. The predicted octanol–water partition coefficient (Wildman–Crippen LogP) is 1.37. The zero-order valence-electron chi connectivity index (χ0n) is 6.63. The fourth-order valence-electron chi connectivity index (χ4n) is 0.706. The smallest absolute Gasteiger partial charge is 0.139 e. The lowest BCUT2D eigenvalue weighted by Gasteiger charge is -1.89. The molecule has 0 aliphatic heterocycles. The number of Topliss-reactive ketones (excluding diaryl/α,β-unsaturated/α-hetero) is 1. The number of aryl methyl sites for hydroxylation is 1. The van der Waals surface area contributed by atoms with Gasteiger partial charge in [-0.05, 0) is 18.5 Å². The predicted molar refractivity (Wildman–Crippen MR) is 43.6 cm³/mol. The van der Waals surface area contributed by atoms with Crippen LogP contribution in [0.3, 0.4) is 0 Å². The van der Waals surface area contributed by atoms with Gasteiger partial charge in [0.05, 0.1) is 6.42 Å². The van der Waals surface area contributed by atoms with Crippen LogP contribution in [0.5, 0.6) is 0 Å². The highest BCUT2D eigenvalue weighted by Crippen LogP contribution is 2.05. The van der Waals surface area contributed by atoms with Gasteiger partial charge in [0, 0.05) is 6.42 Å². The zero-order chi connectivity index (χ0) is 8.27. The molecule has 0 aliphatic rings. The lowest BCUT2D eigenvalue weighted by atomic mass is 10.2. The Morgan fingerprint density at radius 2 is 2.36 bits per heavy atom. The van der Waals surface area contributed by atoms with Crippen LogP contribution in [0.2, 0.25) is 0 Å². The van der Waals surface area contributed by atoms with Crippen molar-refractivity contribution in [2.75, 3.05) is 0 Å². The molecule has 1 rings (SSSR count). The van der Waals surface area contributed by atoms with Crippen molar-refractivity contribution in [2.24, 2.45) is 0 Å². The van der Waals surface area contributed by atoms with Crippen LogP contribution >= 0.6 is 11.5 Å². The second-order valence-electron chi connectivity index (χ2n) is 2.30. The summed E-state index contributed by atoms with van der Waals surface area (Å²) in [4.78, 5) is 15.0. The van der Waals surface area contributed by atoms with Crippen molar-refractivity contribution in [3.63, 3.8) is 0 Å². The van der Waals surface area contributed by atoms with Crippen molar-refractivity contribution < 1.29 is 4.79 Å². The molecule has 4 heteroatoms. The molecule has 60 valence electrons. The minimum atomic E-state index is 0.223. The van der Waals surface area contributed by atoms with Crippen LogP contribution in [-0.2, 0) is 11.2 Å². The first kappa shape index (κ1) is 8.33. The molecule has 0 N–H and O–H groups in total. The van der Waals surface area contributed by atoms with E-state index in [1.54, 1.807) is 0 Å². The third-order valence-corrected chi connectivity index (χ3v) is 2.11. The second kappa shape index (κ2) is 3.57. The molecular formula is C7H10N2OS. The Morgan fingerprint density at radius 1 is 1.64 bits per heavy atom. The zero-order valence-corrected chi connectivity index (χ0v) is 7.44. The summed E-state index contributed by atoms with van der Waals surface area (Å²) >= 11 is 1.31. The Hall–Kier alpha value is -0.770. The molecule has 1 heterocycles. The van der Waals surface area contributed by atoms with E-state index < -0.39 is 0 Å². The standard InChI is InChI=1S/C7H10N2OS/c1-3-6(10)4-7-8-5(2)9-11-7/h3-4H2,1-2H3. The van der Waals surface area contributed by atoms with Gasteiger partial charge < -0.3 is 0 Å². The van der Waals surface area contributed by atoms with Crippen LogP contribution in [0, 0.1) is 6.92 Å². The minimum absolute atomic E-state index is 0.223. The van der Waals surface area contributed by atoms with E-state index in [1.807, 2.05) is 13.8 Å². The van der Waals surface area contributed by atoms with E-state index in [2.05, 4.69) is 9.36 Å². The van der Waals surface area contributed by atoms with E-state index >= 15 is 0 Å². The second-order valence-corrected chi connectivity index (χ2v) is 3.14. The molecule has 1 aromatic heterocycles. The van der Waals surface area contributed by atoms with Crippen molar-refractivity contribution in [1.29, 1.82) is 0 Å². The van der Waals surface area contributed by atoms with E-state index in [-0.39, 0.29) is 5.78 Å². The molecule has 0 aliphatic carbocycles. The number of carbonyl (C=O) groups excluding carboxylic acids is 1. The van der Waals surface area contributed by atoms with Crippen molar-refractivity contribution in [2.45, 2.75) is 26.7 Å². The topological polar surface area (TPSA) is 42.9 Å². The van der Waals surface area contributed by atoms with Gasteiger partial charge in [-0.3, -0.25) is 4.79 Å². The van der Waals surface area contributed by atoms with Crippen LogP contribution in [0.25, 0.3) is 0 Å². The maximum Gasteiger partial charge on any atom is 0.139 e. The van der Waals surface area contributed by atoms with Crippen LogP contribution < -0.4 is 0 Å². The summed E-state index contributed by atoms with van der Waals surface area (Å²) in [5, 5.41) is 0.828. The fourth-order valence-corrected chi connectivity index (χ4v) is 1.38. The van der Waals surface area contributed by atoms with Crippen molar-refractivity contribution >= 4 is 17.3 Å². The number of hydrogen-bond acceptors (Lipinski definition) is 4. The van der Waals surface area contributed by atoms with Gasteiger partial charge in [0.2, 0.25) is 0 Å². The molecule has 0 atom stereocenters. The third-order valence-electron chi connectivity index (χ3n) is 1.31. The Morgan fingerprint density at radius 3 is 2.82 bits per heavy atom. The van der Waals surface area contributed by atoms with Crippen LogP contribution in [0.4, 0.5) is 0 Å². The maximum absolute atomic E-state index is 10.9. The van der Waals surface area contributed by atoms with Crippen LogP contribution in [-0.4, -0.2) is 15.1 Å². The van der Waals surface area contributed by atoms with Gasteiger partial charge in [-0.15, -0.1) is 0 Å². The van der Waals surface area contributed by atoms with Crippen molar-refractivity contribution in [1.82, 2.24) is 9.36 Å². The fraction of sp³-hybridized carbons (Fsp3) is 0.571. The minimum Gasteiger partial charge on any atom is -0.299 e. The summed E-state index contributed by atoms with van der Waals surface area (Å²) in [5.74, 6) is 0.982. The molecule has 0 saturated carbocycles. The monoisotopic (exact) mass is 170 g/mol. The van der Waals surface area contributed by atoms with Gasteiger partial charge in [-0.2, -0.15) is 4.37 Å². The third kappa shape index (κ3) is 2.38. The molecule has 0 unspecified atom stereocenters. The first-order chi connectivity index (χ1) is 5.22. The van der Waals surface area contributed by atoms with Gasteiger partial charge in [-0.25, -0.2) is 4.98 Å². The number of nitrogens with zero attached hydrogens (tertiary/aromatic N) is 2. The number of aromatic nitrogens is 2. The molecule has 0 aromatic carbocycles. The van der Waals surface area contributed by atoms with Crippen molar-refractivity contribution in [3.05, 3.63) is 10.8 Å². The summed E-state index contributed by atoms with van der Waals surface area (Å²) < 4.78 is 3.98.